The average Bonchev–Trinajstić information content (AvgIpc) is 2.76. The lowest BCUT2D eigenvalue weighted by Gasteiger charge is -2.01. The van der Waals surface area contributed by atoms with Crippen molar-refractivity contribution in [2.45, 2.75) is 6.54 Å². The second-order valence-electron chi connectivity index (χ2n) is 3.64. The van der Waals surface area contributed by atoms with Crippen LogP contribution in [0.2, 0.25) is 0 Å². The highest BCUT2D eigenvalue weighted by Crippen LogP contribution is 2.07. The fourth-order valence-electron chi connectivity index (χ4n) is 1.36. The fraction of sp³-hybridized carbons (Fsp3) is 0.0909. The van der Waals surface area contributed by atoms with E-state index < -0.39 is 17.7 Å². The summed E-state index contributed by atoms with van der Waals surface area (Å²) in [5.41, 5.74) is 0.379. The van der Waals surface area contributed by atoms with Crippen LogP contribution in [-0.4, -0.2) is 31.7 Å². The van der Waals surface area contributed by atoms with Crippen LogP contribution in [-0.2, 0) is 11.3 Å². The standard InChI is InChI=1S/C11H9FN4O3/c12-7-1-2-9(13-3-7)11(19)15-8-4-14-16(5-8)6-10(17)18/h1-5H,6H2,(H,15,19)(H,17,18). The van der Waals surface area contributed by atoms with Crippen molar-refractivity contribution in [3.8, 4) is 0 Å². The average molecular weight is 264 g/mol. The lowest BCUT2D eigenvalue weighted by atomic mass is 10.3. The van der Waals surface area contributed by atoms with Crippen molar-refractivity contribution in [1.82, 2.24) is 14.8 Å². The monoisotopic (exact) mass is 264 g/mol. The number of carboxylic acid groups (broad SMARTS) is 1. The first kappa shape index (κ1) is 12.7. The number of carboxylic acids is 1. The van der Waals surface area contributed by atoms with Crippen LogP contribution in [0.15, 0.2) is 30.7 Å². The van der Waals surface area contributed by atoms with Gasteiger partial charge in [-0.1, -0.05) is 0 Å². The van der Waals surface area contributed by atoms with E-state index in [1.54, 1.807) is 0 Å². The quantitative estimate of drug-likeness (QED) is 0.849. The molecule has 2 N–H and O–H groups in total. The van der Waals surface area contributed by atoms with Gasteiger partial charge in [0.1, 0.15) is 18.1 Å². The molecule has 0 unspecified atom stereocenters. The molecule has 19 heavy (non-hydrogen) atoms. The van der Waals surface area contributed by atoms with Gasteiger partial charge in [-0.25, -0.2) is 9.37 Å². The Morgan fingerprint density at radius 2 is 2.16 bits per heavy atom. The van der Waals surface area contributed by atoms with Gasteiger partial charge < -0.3 is 10.4 Å². The molecule has 0 fully saturated rings. The van der Waals surface area contributed by atoms with Crippen molar-refractivity contribution in [2.75, 3.05) is 5.32 Å². The topological polar surface area (TPSA) is 97.1 Å². The van der Waals surface area contributed by atoms with Gasteiger partial charge in [0.05, 0.1) is 18.1 Å². The summed E-state index contributed by atoms with van der Waals surface area (Å²) in [7, 11) is 0. The number of carbonyl (C=O) groups excluding carboxylic acids is 1. The first-order chi connectivity index (χ1) is 9.04. The molecule has 0 saturated heterocycles. The zero-order chi connectivity index (χ0) is 13.8. The van der Waals surface area contributed by atoms with Crippen LogP contribution in [0, 0.1) is 5.82 Å². The number of aliphatic carboxylic acids is 1. The summed E-state index contributed by atoms with van der Waals surface area (Å²) in [6.45, 7) is -0.301. The van der Waals surface area contributed by atoms with E-state index in [1.807, 2.05) is 0 Å². The van der Waals surface area contributed by atoms with Gasteiger partial charge in [0, 0.05) is 6.20 Å². The zero-order valence-corrected chi connectivity index (χ0v) is 9.58. The third-order valence-electron chi connectivity index (χ3n) is 2.15. The first-order valence-corrected chi connectivity index (χ1v) is 5.22. The molecule has 7 nitrogen and oxygen atoms in total. The summed E-state index contributed by atoms with van der Waals surface area (Å²) in [5, 5.41) is 14.8. The molecule has 2 rings (SSSR count). The van der Waals surface area contributed by atoms with Crippen LogP contribution in [0.4, 0.5) is 10.1 Å². The van der Waals surface area contributed by atoms with E-state index in [0.717, 1.165) is 16.9 Å². The molecule has 98 valence electrons. The number of hydrogen-bond acceptors (Lipinski definition) is 4. The summed E-state index contributed by atoms with van der Waals surface area (Å²) in [4.78, 5) is 25.8. The Labute approximate surface area is 106 Å². The molecule has 2 heterocycles. The van der Waals surface area contributed by atoms with Crippen LogP contribution in [0.1, 0.15) is 10.5 Å². The van der Waals surface area contributed by atoms with Gasteiger partial charge in [0.2, 0.25) is 0 Å². The van der Waals surface area contributed by atoms with Crippen LogP contribution in [0.5, 0.6) is 0 Å². The Morgan fingerprint density at radius 3 is 2.79 bits per heavy atom. The van der Waals surface area contributed by atoms with Crippen molar-refractivity contribution < 1.29 is 19.1 Å². The Morgan fingerprint density at radius 1 is 1.37 bits per heavy atom. The molecule has 0 aliphatic carbocycles. The molecule has 0 radical (unpaired) electrons. The molecule has 0 bridgehead atoms. The Bertz CT molecular complexity index is 609. The predicted molar refractivity (Wildman–Crippen MR) is 62.0 cm³/mol. The molecule has 0 spiro atoms. The second kappa shape index (κ2) is 5.25. The van der Waals surface area contributed by atoms with Crippen LogP contribution < -0.4 is 5.32 Å². The molecular weight excluding hydrogens is 255 g/mol. The predicted octanol–water partition coefficient (Wildman–Crippen LogP) is 0.754. The number of anilines is 1. The highest BCUT2D eigenvalue weighted by Gasteiger charge is 2.09. The minimum atomic E-state index is -1.04. The van der Waals surface area contributed by atoms with Gasteiger partial charge in [-0.05, 0) is 12.1 Å². The molecule has 2 aromatic rings. The van der Waals surface area contributed by atoms with Gasteiger partial charge in [0.15, 0.2) is 0 Å². The number of aromatic nitrogens is 3. The summed E-state index contributed by atoms with van der Waals surface area (Å²) >= 11 is 0. The van der Waals surface area contributed by atoms with E-state index in [0.29, 0.717) is 5.69 Å². The minimum absolute atomic E-state index is 0.0485. The Hall–Kier alpha value is -2.77. The number of nitrogens with zero attached hydrogens (tertiary/aromatic N) is 3. The lowest BCUT2D eigenvalue weighted by molar-refractivity contribution is -0.137. The second-order valence-corrected chi connectivity index (χ2v) is 3.64. The largest absolute Gasteiger partial charge is 0.480 e. The van der Waals surface area contributed by atoms with Crippen LogP contribution in [0.3, 0.4) is 0 Å². The third kappa shape index (κ3) is 3.35. The Kier molecular flexibility index (Phi) is 3.51. The van der Waals surface area contributed by atoms with Crippen molar-refractivity contribution in [3.63, 3.8) is 0 Å². The summed E-state index contributed by atoms with van der Waals surface area (Å²) in [6, 6.07) is 2.36. The van der Waals surface area contributed by atoms with Gasteiger partial charge in [-0.3, -0.25) is 14.3 Å². The number of nitrogens with one attached hydrogen (secondary N) is 1. The molecule has 0 aliphatic rings. The van der Waals surface area contributed by atoms with Crippen molar-refractivity contribution in [2.24, 2.45) is 0 Å². The van der Waals surface area contributed by atoms with Gasteiger partial charge in [0.25, 0.3) is 5.91 Å². The number of rotatable bonds is 4. The van der Waals surface area contributed by atoms with Crippen molar-refractivity contribution >= 4 is 17.6 Å². The van der Waals surface area contributed by atoms with Gasteiger partial charge >= 0.3 is 5.97 Å². The molecule has 0 saturated carbocycles. The number of halogens is 1. The smallest absolute Gasteiger partial charge is 0.325 e. The normalized spacial score (nSPS) is 10.2. The maximum atomic E-state index is 12.6. The van der Waals surface area contributed by atoms with E-state index in [2.05, 4.69) is 15.4 Å². The van der Waals surface area contributed by atoms with Crippen LogP contribution in [0.25, 0.3) is 0 Å². The molecular formula is C11H9FN4O3. The van der Waals surface area contributed by atoms with Crippen molar-refractivity contribution in [1.29, 1.82) is 0 Å². The molecule has 0 atom stereocenters. The molecule has 1 amide bonds. The third-order valence-corrected chi connectivity index (χ3v) is 2.15. The molecule has 0 aromatic carbocycles. The highest BCUT2D eigenvalue weighted by atomic mass is 19.1. The van der Waals surface area contributed by atoms with Crippen LogP contribution >= 0.6 is 0 Å². The zero-order valence-electron chi connectivity index (χ0n) is 9.58. The SMILES string of the molecule is O=C(O)Cn1cc(NC(=O)c2ccc(F)cn2)cn1. The summed E-state index contributed by atoms with van der Waals surface area (Å²) < 4.78 is 13.8. The van der Waals surface area contributed by atoms with E-state index >= 15 is 0 Å². The first-order valence-electron chi connectivity index (χ1n) is 5.22. The lowest BCUT2D eigenvalue weighted by Crippen LogP contribution is -2.13. The number of pyridine rings is 1. The maximum absolute atomic E-state index is 12.6. The molecule has 0 aliphatic heterocycles. The van der Waals surface area contributed by atoms with E-state index in [9.17, 15) is 14.0 Å². The maximum Gasteiger partial charge on any atom is 0.325 e. The van der Waals surface area contributed by atoms with Gasteiger partial charge in [-0.15, -0.1) is 0 Å². The number of hydrogen-bond donors (Lipinski definition) is 2. The minimum Gasteiger partial charge on any atom is -0.480 e. The molecule has 8 heteroatoms. The van der Waals surface area contributed by atoms with Gasteiger partial charge in [-0.2, -0.15) is 5.10 Å². The van der Waals surface area contributed by atoms with E-state index in [4.69, 9.17) is 5.11 Å². The Balaban J connectivity index is 2.04. The molecule has 2 aromatic heterocycles. The number of carbonyl (C=O) groups is 2. The van der Waals surface area contributed by atoms with E-state index in [1.165, 1.54) is 18.5 Å². The summed E-state index contributed by atoms with van der Waals surface area (Å²) in [6.07, 6.45) is 3.61. The summed E-state index contributed by atoms with van der Waals surface area (Å²) in [5.74, 6) is -2.11. The van der Waals surface area contributed by atoms with E-state index in [-0.39, 0.29) is 12.2 Å². The van der Waals surface area contributed by atoms with Crippen molar-refractivity contribution in [3.05, 3.63) is 42.2 Å². The highest BCUT2D eigenvalue weighted by molar-refractivity contribution is 6.02. The number of amides is 1. The fourth-order valence-corrected chi connectivity index (χ4v) is 1.36.